The fraction of sp³-hybridized carbons (Fsp3) is 0.235. The zero-order valence-corrected chi connectivity index (χ0v) is 11.9. The molecule has 0 aliphatic heterocycles. The molecule has 0 aliphatic rings. The Hall–Kier alpha value is -2.13. The molecular formula is C17H20N2O. The van der Waals surface area contributed by atoms with Crippen molar-refractivity contribution in [3.05, 3.63) is 65.7 Å². The maximum atomic E-state index is 12.2. The normalized spacial score (nSPS) is 11.9. The summed E-state index contributed by atoms with van der Waals surface area (Å²) in [5, 5.41) is 6.35. The van der Waals surface area contributed by atoms with E-state index in [0.29, 0.717) is 5.56 Å². The van der Waals surface area contributed by atoms with Crippen LogP contribution in [0.5, 0.6) is 0 Å². The Bertz CT molecular complexity index is 566. The molecular weight excluding hydrogens is 248 g/mol. The van der Waals surface area contributed by atoms with Crippen LogP contribution in [0.25, 0.3) is 0 Å². The van der Waals surface area contributed by atoms with Gasteiger partial charge in [0.1, 0.15) is 0 Å². The summed E-state index contributed by atoms with van der Waals surface area (Å²) in [6.07, 6.45) is 0. The second-order valence-corrected chi connectivity index (χ2v) is 4.69. The van der Waals surface area contributed by atoms with Crippen molar-refractivity contribution >= 4 is 11.6 Å². The van der Waals surface area contributed by atoms with Crippen LogP contribution in [0.4, 0.5) is 5.69 Å². The molecule has 3 heteroatoms. The molecule has 0 radical (unpaired) electrons. The lowest BCUT2D eigenvalue weighted by Crippen LogP contribution is -2.20. The van der Waals surface area contributed by atoms with Gasteiger partial charge in [-0.3, -0.25) is 4.79 Å². The predicted molar refractivity (Wildman–Crippen MR) is 82.9 cm³/mol. The van der Waals surface area contributed by atoms with Crippen LogP contribution in [-0.2, 0) is 0 Å². The number of carbonyl (C=O) groups excluding carboxylic acids is 1. The first-order valence-electron chi connectivity index (χ1n) is 6.91. The van der Waals surface area contributed by atoms with Gasteiger partial charge in [-0.05, 0) is 37.2 Å². The number of carbonyl (C=O) groups is 1. The Morgan fingerprint density at radius 2 is 1.70 bits per heavy atom. The van der Waals surface area contributed by atoms with Crippen LogP contribution >= 0.6 is 0 Å². The summed E-state index contributed by atoms with van der Waals surface area (Å²) in [6, 6.07) is 17.3. The minimum absolute atomic E-state index is 0.0817. The maximum Gasteiger partial charge on any atom is 0.255 e. The average molecular weight is 268 g/mol. The van der Waals surface area contributed by atoms with E-state index in [1.807, 2.05) is 54.6 Å². The van der Waals surface area contributed by atoms with Crippen molar-refractivity contribution in [2.75, 3.05) is 11.9 Å². The van der Waals surface area contributed by atoms with Crippen molar-refractivity contribution in [1.82, 2.24) is 5.32 Å². The third-order valence-electron chi connectivity index (χ3n) is 3.22. The van der Waals surface area contributed by atoms with Crippen molar-refractivity contribution in [2.24, 2.45) is 0 Å². The van der Waals surface area contributed by atoms with Gasteiger partial charge in [0.25, 0.3) is 5.91 Å². The second kappa shape index (κ2) is 6.87. The molecule has 0 saturated carbocycles. The molecule has 0 saturated heterocycles. The monoisotopic (exact) mass is 268 g/mol. The summed E-state index contributed by atoms with van der Waals surface area (Å²) >= 11 is 0. The summed E-state index contributed by atoms with van der Waals surface area (Å²) in [7, 11) is 0. The maximum absolute atomic E-state index is 12.2. The molecule has 2 aromatic rings. The van der Waals surface area contributed by atoms with E-state index in [-0.39, 0.29) is 11.9 Å². The van der Waals surface area contributed by atoms with Crippen LogP contribution in [0.3, 0.4) is 0 Å². The molecule has 2 N–H and O–H groups in total. The minimum Gasteiger partial charge on any atom is -0.322 e. The predicted octanol–water partition coefficient (Wildman–Crippen LogP) is 3.61. The number of rotatable bonds is 5. The largest absolute Gasteiger partial charge is 0.322 e. The molecule has 1 unspecified atom stereocenters. The number of hydrogen-bond donors (Lipinski definition) is 2. The first kappa shape index (κ1) is 14.3. The molecule has 3 nitrogen and oxygen atoms in total. The Balaban J connectivity index is 2.19. The zero-order chi connectivity index (χ0) is 14.4. The first-order chi connectivity index (χ1) is 9.72. The van der Waals surface area contributed by atoms with Gasteiger partial charge >= 0.3 is 0 Å². The van der Waals surface area contributed by atoms with Gasteiger partial charge in [0.2, 0.25) is 0 Å². The van der Waals surface area contributed by atoms with E-state index in [2.05, 4.69) is 24.5 Å². The third kappa shape index (κ3) is 3.45. The lowest BCUT2D eigenvalue weighted by atomic mass is 10.1. The van der Waals surface area contributed by atoms with Gasteiger partial charge < -0.3 is 10.6 Å². The number of hydrogen-bond acceptors (Lipinski definition) is 2. The van der Waals surface area contributed by atoms with Crippen LogP contribution in [-0.4, -0.2) is 12.5 Å². The Morgan fingerprint density at radius 3 is 2.40 bits per heavy atom. The fourth-order valence-electron chi connectivity index (χ4n) is 2.19. The van der Waals surface area contributed by atoms with Gasteiger partial charge in [0, 0.05) is 17.3 Å². The van der Waals surface area contributed by atoms with Gasteiger partial charge in [-0.2, -0.15) is 0 Å². The van der Waals surface area contributed by atoms with Crippen molar-refractivity contribution in [2.45, 2.75) is 19.9 Å². The molecule has 0 aromatic heterocycles. The summed E-state index contributed by atoms with van der Waals surface area (Å²) in [6.45, 7) is 5.06. The molecule has 0 aliphatic carbocycles. The minimum atomic E-state index is -0.0817. The quantitative estimate of drug-likeness (QED) is 0.869. The third-order valence-corrected chi connectivity index (χ3v) is 3.22. The highest BCUT2D eigenvalue weighted by atomic mass is 16.1. The standard InChI is InChI=1S/C17H20N2O/c1-3-18-13(2)15-11-7-8-12-16(15)19-17(20)14-9-5-4-6-10-14/h4-13,18H,3H2,1-2H3,(H,19,20). The Kier molecular flexibility index (Phi) is 4.91. The van der Waals surface area contributed by atoms with Gasteiger partial charge in [0.15, 0.2) is 0 Å². The molecule has 0 bridgehead atoms. The van der Waals surface area contributed by atoms with Gasteiger partial charge in [-0.15, -0.1) is 0 Å². The lowest BCUT2D eigenvalue weighted by Gasteiger charge is -2.17. The molecule has 1 atom stereocenters. The van der Waals surface area contributed by atoms with Gasteiger partial charge in [-0.1, -0.05) is 43.3 Å². The molecule has 1 amide bonds. The molecule has 2 rings (SSSR count). The van der Waals surface area contributed by atoms with E-state index in [1.54, 1.807) is 0 Å². The van der Waals surface area contributed by atoms with E-state index in [9.17, 15) is 4.79 Å². The summed E-state index contributed by atoms with van der Waals surface area (Å²) < 4.78 is 0. The highest BCUT2D eigenvalue weighted by Gasteiger charge is 2.12. The first-order valence-corrected chi connectivity index (χ1v) is 6.91. The van der Waals surface area contributed by atoms with Gasteiger partial charge in [-0.25, -0.2) is 0 Å². The van der Waals surface area contributed by atoms with Crippen LogP contribution in [0.15, 0.2) is 54.6 Å². The zero-order valence-electron chi connectivity index (χ0n) is 11.9. The fourth-order valence-corrected chi connectivity index (χ4v) is 2.19. The van der Waals surface area contributed by atoms with Crippen LogP contribution < -0.4 is 10.6 Å². The number of nitrogens with one attached hydrogen (secondary N) is 2. The number of benzene rings is 2. The van der Waals surface area contributed by atoms with Crippen molar-refractivity contribution < 1.29 is 4.79 Å². The molecule has 0 spiro atoms. The Morgan fingerprint density at radius 1 is 1.05 bits per heavy atom. The molecule has 20 heavy (non-hydrogen) atoms. The SMILES string of the molecule is CCNC(C)c1ccccc1NC(=O)c1ccccc1. The van der Waals surface area contributed by atoms with Crippen LogP contribution in [0, 0.1) is 0 Å². The molecule has 0 fully saturated rings. The number of para-hydroxylation sites is 1. The van der Waals surface area contributed by atoms with E-state index in [4.69, 9.17) is 0 Å². The topological polar surface area (TPSA) is 41.1 Å². The lowest BCUT2D eigenvalue weighted by molar-refractivity contribution is 0.102. The number of amides is 1. The second-order valence-electron chi connectivity index (χ2n) is 4.69. The molecule has 104 valence electrons. The van der Waals surface area contributed by atoms with Crippen molar-refractivity contribution in [3.8, 4) is 0 Å². The molecule has 0 heterocycles. The van der Waals surface area contributed by atoms with E-state index in [0.717, 1.165) is 17.8 Å². The van der Waals surface area contributed by atoms with Crippen LogP contribution in [0.1, 0.15) is 35.8 Å². The van der Waals surface area contributed by atoms with E-state index < -0.39 is 0 Å². The number of anilines is 1. The highest BCUT2D eigenvalue weighted by molar-refractivity contribution is 6.04. The summed E-state index contributed by atoms with van der Waals surface area (Å²) in [4.78, 5) is 12.2. The van der Waals surface area contributed by atoms with E-state index in [1.165, 1.54) is 0 Å². The molecule has 2 aromatic carbocycles. The summed E-state index contributed by atoms with van der Waals surface area (Å²) in [5.41, 5.74) is 2.62. The van der Waals surface area contributed by atoms with Crippen molar-refractivity contribution in [1.29, 1.82) is 0 Å². The Labute approximate surface area is 120 Å². The van der Waals surface area contributed by atoms with Crippen LogP contribution in [0.2, 0.25) is 0 Å². The van der Waals surface area contributed by atoms with Crippen molar-refractivity contribution in [3.63, 3.8) is 0 Å². The van der Waals surface area contributed by atoms with Gasteiger partial charge in [0.05, 0.1) is 0 Å². The average Bonchev–Trinajstić information content (AvgIpc) is 2.49. The van der Waals surface area contributed by atoms with E-state index >= 15 is 0 Å². The highest BCUT2D eigenvalue weighted by Crippen LogP contribution is 2.23. The smallest absolute Gasteiger partial charge is 0.255 e. The summed E-state index contributed by atoms with van der Waals surface area (Å²) in [5.74, 6) is -0.0817.